The minimum absolute atomic E-state index is 0.0696. The van der Waals surface area contributed by atoms with Gasteiger partial charge >= 0.3 is 0 Å². The van der Waals surface area contributed by atoms with Crippen molar-refractivity contribution in [2.75, 3.05) is 45.9 Å². The molecular formula is C22H30N3O5S+. The topological polar surface area (TPSA) is 93.3 Å². The van der Waals surface area contributed by atoms with Gasteiger partial charge in [0.1, 0.15) is 0 Å². The van der Waals surface area contributed by atoms with Gasteiger partial charge in [0.2, 0.25) is 10.0 Å². The number of carbonyl (C=O) groups is 1. The summed E-state index contributed by atoms with van der Waals surface area (Å²) in [5.41, 5.74) is 0.438. The maximum absolute atomic E-state index is 12.7. The van der Waals surface area contributed by atoms with Crippen molar-refractivity contribution in [3.8, 4) is 0 Å². The second-order valence-corrected chi connectivity index (χ2v) is 9.98. The first-order valence-corrected chi connectivity index (χ1v) is 12.3. The highest BCUT2D eigenvalue weighted by molar-refractivity contribution is 7.89. The van der Waals surface area contributed by atoms with E-state index in [4.69, 9.17) is 9.15 Å². The van der Waals surface area contributed by atoms with Crippen LogP contribution in [0.5, 0.6) is 0 Å². The smallest absolute Gasteiger partial charge is 0.251 e. The van der Waals surface area contributed by atoms with Crippen LogP contribution in [-0.4, -0.2) is 64.6 Å². The number of nitrogens with zero attached hydrogens (tertiary/aromatic N) is 1. The third-order valence-corrected chi connectivity index (χ3v) is 7.98. The lowest BCUT2D eigenvalue weighted by Gasteiger charge is -2.30. The minimum Gasteiger partial charge on any atom is -0.463 e. The van der Waals surface area contributed by atoms with E-state index in [-0.39, 0.29) is 16.8 Å². The maximum atomic E-state index is 12.7. The Balaban J connectivity index is 1.41. The molecule has 0 saturated carbocycles. The summed E-state index contributed by atoms with van der Waals surface area (Å²) >= 11 is 0. The molecule has 2 N–H and O–H groups in total. The molecule has 168 valence electrons. The van der Waals surface area contributed by atoms with E-state index in [2.05, 4.69) is 5.32 Å². The Kier molecular flexibility index (Phi) is 7.06. The van der Waals surface area contributed by atoms with Crippen molar-refractivity contribution < 1.29 is 27.3 Å². The molecule has 8 nitrogen and oxygen atoms in total. The Morgan fingerprint density at radius 3 is 2.42 bits per heavy atom. The van der Waals surface area contributed by atoms with E-state index in [0.29, 0.717) is 38.4 Å². The Morgan fingerprint density at radius 1 is 1.06 bits per heavy atom. The summed E-state index contributed by atoms with van der Waals surface area (Å²) in [5.74, 6) is 0.660. The molecule has 1 amide bonds. The summed E-state index contributed by atoms with van der Waals surface area (Å²) in [6, 6.07) is 10.0. The second-order valence-electron chi connectivity index (χ2n) is 8.04. The van der Waals surface area contributed by atoms with Crippen molar-refractivity contribution >= 4 is 15.9 Å². The molecule has 1 aromatic carbocycles. The van der Waals surface area contributed by atoms with E-state index < -0.39 is 10.0 Å². The highest BCUT2D eigenvalue weighted by Crippen LogP contribution is 2.18. The van der Waals surface area contributed by atoms with E-state index >= 15 is 0 Å². The molecule has 0 radical (unpaired) electrons. The molecule has 9 heteroatoms. The molecule has 2 aliphatic heterocycles. The molecule has 3 heterocycles. The molecule has 0 unspecified atom stereocenters. The largest absolute Gasteiger partial charge is 0.463 e. The fraction of sp³-hybridized carbons (Fsp3) is 0.500. The lowest BCUT2D eigenvalue weighted by Crippen LogP contribution is -3.13. The number of sulfonamides is 1. The second kappa shape index (κ2) is 9.95. The number of amides is 1. The molecule has 0 bridgehead atoms. The summed E-state index contributed by atoms with van der Waals surface area (Å²) < 4.78 is 37.8. The SMILES string of the molecule is O=C(NC[C@@H](c1ccco1)[NH+]1CCCCC1)c1ccc(S(=O)(=O)N2CCOCC2)cc1. The van der Waals surface area contributed by atoms with Gasteiger partial charge in [-0.3, -0.25) is 4.79 Å². The van der Waals surface area contributed by atoms with Crippen LogP contribution in [0, 0.1) is 0 Å². The van der Waals surface area contributed by atoms with Crippen molar-refractivity contribution in [3.63, 3.8) is 0 Å². The first kappa shape index (κ1) is 22.0. The quantitative estimate of drug-likeness (QED) is 0.655. The van der Waals surface area contributed by atoms with Gasteiger partial charge in [0.05, 0.1) is 44.0 Å². The summed E-state index contributed by atoms with van der Waals surface area (Å²) in [7, 11) is -3.57. The number of nitrogens with one attached hydrogen (secondary N) is 2. The third-order valence-electron chi connectivity index (χ3n) is 6.07. The van der Waals surface area contributed by atoms with E-state index in [1.165, 1.54) is 40.6 Å². The number of furan rings is 1. The van der Waals surface area contributed by atoms with Crippen molar-refractivity contribution in [1.29, 1.82) is 0 Å². The highest BCUT2D eigenvalue weighted by Gasteiger charge is 2.29. The predicted molar refractivity (Wildman–Crippen MR) is 114 cm³/mol. The number of rotatable bonds is 7. The first-order valence-electron chi connectivity index (χ1n) is 10.9. The van der Waals surface area contributed by atoms with Gasteiger partial charge < -0.3 is 19.4 Å². The van der Waals surface area contributed by atoms with Gasteiger partial charge in [0.25, 0.3) is 5.91 Å². The van der Waals surface area contributed by atoms with Gasteiger partial charge in [-0.25, -0.2) is 8.42 Å². The number of likely N-dealkylation sites (tertiary alicyclic amines) is 1. The number of hydrogen-bond donors (Lipinski definition) is 2. The zero-order chi connectivity index (χ0) is 21.7. The molecule has 1 aromatic heterocycles. The number of morpholine rings is 1. The summed E-state index contributed by atoms with van der Waals surface area (Å²) in [6.45, 7) is 4.08. The normalized spacial score (nSPS) is 19.7. The van der Waals surface area contributed by atoms with Crippen LogP contribution in [0.25, 0.3) is 0 Å². The highest BCUT2D eigenvalue weighted by atomic mass is 32.2. The molecule has 2 aromatic rings. The van der Waals surface area contributed by atoms with E-state index in [9.17, 15) is 13.2 Å². The number of benzene rings is 1. The van der Waals surface area contributed by atoms with Gasteiger partial charge in [0.15, 0.2) is 11.8 Å². The summed E-state index contributed by atoms with van der Waals surface area (Å²) in [5, 5.41) is 3.01. The third kappa shape index (κ3) is 5.17. The van der Waals surface area contributed by atoms with Crippen LogP contribution in [0.2, 0.25) is 0 Å². The molecule has 2 fully saturated rings. The van der Waals surface area contributed by atoms with Crippen LogP contribution in [0.4, 0.5) is 0 Å². The lowest BCUT2D eigenvalue weighted by atomic mass is 10.1. The van der Waals surface area contributed by atoms with E-state index in [1.54, 1.807) is 18.4 Å². The molecule has 0 aliphatic carbocycles. The van der Waals surface area contributed by atoms with Crippen molar-refractivity contribution in [2.24, 2.45) is 0 Å². The lowest BCUT2D eigenvalue weighted by molar-refractivity contribution is -0.936. The van der Waals surface area contributed by atoms with E-state index in [0.717, 1.165) is 18.8 Å². The van der Waals surface area contributed by atoms with Crippen LogP contribution in [0.1, 0.15) is 41.4 Å². The molecule has 2 saturated heterocycles. The molecule has 4 rings (SSSR count). The monoisotopic (exact) mass is 448 g/mol. The van der Waals surface area contributed by atoms with E-state index in [1.807, 2.05) is 12.1 Å². The van der Waals surface area contributed by atoms with Gasteiger partial charge in [0, 0.05) is 18.7 Å². The first-order chi connectivity index (χ1) is 15.1. The Morgan fingerprint density at radius 2 is 1.77 bits per heavy atom. The number of carbonyl (C=O) groups excluding carboxylic acids is 1. The molecule has 2 aliphatic rings. The van der Waals surface area contributed by atoms with Crippen LogP contribution >= 0.6 is 0 Å². The predicted octanol–water partition coefficient (Wildman–Crippen LogP) is 0.840. The van der Waals surface area contributed by atoms with Crippen LogP contribution in [-0.2, 0) is 14.8 Å². The average molecular weight is 449 g/mol. The van der Waals surface area contributed by atoms with Crippen LogP contribution in [0.15, 0.2) is 52.0 Å². The number of piperidine rings is 1. The Labute approximate surface area is 183 Å². The van der Waals surface area contributed by atoms with Crippen molar-refractivity contribution in [3.05, 3.63) is 54.0 Å². The molecule has 31 heavy (non-hydrogen) atoms. The average Bonchev–Trinajstić information content (AvgIpc) is 3.35. The van der Waals surface area contributed by atoms with Crippen molar-refractivity contribution in [1.82, 2.24) is 9.62 Å². The molecular weight excluding hydrogens is 418 g/mol. The standard InChI is InChI=1S/C22H29N3O5S/c26-22(23-17-20(21-5-4-14-30-21)24-10-2-1-3-11-24)18-6-8-19(9-7-18)31(27,28)25-12-15-29-16-13-25/h4-9,14,20H,1-3,10-13,15-17H2,(H,23,26)/p+1/t20-/m0/s1. The zero-order valence-electron chi connectivity index (χ0n) is 17.6. The summed E-state index contributed by atoms with van der Waals surface area (Å²) in [6.07, 6.45) is 5.28. The van der Waals surface area contributed by atoms with Crippen LogP contribution in [0.3, 0.4) is 0 Å². The van der Waals surface area contributed by atoms with Crippen molar-refractivity contribution in [2.45, 2.75) is 30.2 Å². The van der Waals surface area contributed by atoms with Gasteiger partial charge in [-0.1, -0.05) is 0 Å². The maximum Gasteiger partial charge on any atom is 0.251 e. The Hall–Kier alpha value is -2.20. The summed E-state index contributed by atoms with van der Waals surface area (Å²) in [4.78, 5) is 14.4. The molecule has 0 spiro atoms. The van der Waals surface area contributed by atoms with Gasteiger partial charge in [-0.2, -0.15) is 4.31 Å². The number of quaternary nitrogens is 1. The Bertz CT molecular complexity index is 948. The number of ether oxygens (including phenoxy) is 1. The van der Waals surface area contributed by atoms with Gasteiger partial charge in [-0.05, 0) is 55.7 Å². The van der Waals surface area contributed by atoms with Crippen LogP contribution < -0.4 is 10.2 Å². The minimum atomic E-state index is -3.57. The van der Waals surface area contributed by atoms with Gasteiger partial charge in [-0.15, -0.1) is 0 Å². The fourth-order valence-corrected chi connectivity index (χ4v) is 5.71. The fourth-order valence-electron chi connectivity index (χ4n) is 4.30. The molecule has 1 atom stereocenters. The number of hydrogen-bond acceptors (Lipinski definition) is 5. The zero-order valence-corrected chi connectivity index (χ0v) is 18.4.